The van der Waals surface area contributed by atoms with Crippen LogP contribution in [0.5, 0.6) is 0 Å². The topological polar surface area (TPSA) is 211 Å². The van der Waals surface area contributed by atoms with Gasteiger partial charge in [-0.15, -0.1) is 23.2 Å². The van der Waals surface area contributed by atoms with E-state index in [2.05, 4.69) is 10.2 Å². The Labute approximate surface area is 184 Å². The molecule has 1 aliphatic heterocycles. The number of hydrogen-bond donors (Lipinski definition) is 8. The van der Waals surface area contributed by atoms with Crippen LogP contribution in [0.1, 0.15) is 0 Å². The Bertz CT molecular complexity index is 399. The third kappa shape index (κ3) is 12.2. The zero-order valence-corrected chi connectivity index (χ0v) is 20.3. The van der Waals surface area contributed by atoms with Crippen LogP contribution in [0.4, 0.5) is 0 Å². The second kappa shape index (κ2) is 18.4. The predicted molar refractivity (Wildman–Crippen MR) is 102 cm³/mol. The van der Waals surface area contributed by atoms with Crippen LogP contribution in [0.25, 0.3) is 0 Å². The number of alkyl halides is 2. The van der Waals surface area contributed by atoms with Crippen LogP contribution in [-0.4, -0.2) is 82.6 Å². The Balaban J connectivity index is -0.00000108. The number of nitrogens with one attached hydrogen (secondary N) is 2. The maximum absolute atomic E-state index is 12.6. The van der Waals surface area contributed by atoms with Crippen molar-refractivity contribution in [3.8, 4) is 0 Å². The van der Waals surface area contributed by atoms with Gasteiger partial charge in [0.1, 0.15) is 24.4 Å². The third-order valence-corrected chi connectivity index (χ3v) is 5.09. The number of ether oxygens (including phenoxy) is 1. The molecule has 1 rings (SSSR count). The minimum absolute atomic E-state index is 0. The molecule has 0 radical (unpaired) electrons. The molecule has 1 saturated heterocycles. The molecule has 172 valence electrons. The number of rotatable bonds is 9. The van der Waals surface area contributed by atoms with E-state index in [9.17, 15) is 19.9 Å². The molecule has 0 aromatic heterocycles. The summed E-state index contributed by atoms with van der Waals surface area (Å²) in [6.07, 6.45) is -7.47. The van der Waals surface area contributed by atoms with Crippen LogP contribution in [0.15, 0.2) is 0 Å². The molecule has 0 unspecified atom stereocenters. The van der Waals surface area contributed by atoms with Crippen LogP contribution in [-0.2, 0) is 30.3 Å². The van der Waals surface area contributed by atoms with Gasteiger partial charge in [0.25, 0.3) is 0 Å². The molecule has 5 atom stereocenters. The van der Waals surface area contributed by atoms with Crippen molar-refractivity contribution in [3.05, 3.63) is 0 Å². The van der Waals surface area contributed by atoms with Crippen molar-refractivity contribution in [1.29, 1.82) is 0 Å². The van der Waals surface area contributed by atoms with Gasteiger partial charge in [0.15, 0.2) is 6.29 Å². The normalized spacial score (nSPS) is 27.8. The van der Waals surface area contributed by atoms with Gasteiger partial charge in [-0.2, -0.15) is 0 Å². The van der Waals surface area contributed by atoms with Crippen LogP contribution in [0, 0.1) is 0 Å². The van der Waals surface area contributed by atoms with E-state index in [4.69, 9.17) is 56.4 Å². The summed E-state index contributed by atoms with van der Waals surface area (Å²) < 4.78 is 22.9. The number of aliphatic hydroxyl groups excluding tert-OH is 4. The Morgan fingerprint density at radius 1 is 1.00 bits per heavy atom. The van der Waals surface area contributed by atoms with E-state index in [1.165, 1.54) is 0 Å². The monoisotopic (exact) mass is 681 g/mol. The van der Waals surface area contributed by atoms with Crippen molar-refractivity contribution in [2.75, 3.05) is 31.5 Å². The Hall–Kier alpha value is 1.68. The first-order valence-electron chi connectivity index (χ1n) is 6.83. The molecule has 1 aliphatic rings. The Kier molecular flexibility index (Phi) is 22.8. The van der Waals surface area contributed by atoms with Gasteiger partial charge >= 0.3 is 43.0 Å². The van der Waals surface area contributed by atoms with Gasteiger partial charge in [0, 0.05) is 24.8 Å². The van der Waals surface area contributed by atoms with Crippen LogP contribution in [0.2, 0.25) is 0 Å². The molecule has 0 amide bonds. The molecule has 27 heavy (non-hydrogen) atoms. The zero-order valence-electron chi connectivity index (χ0n) is 14.1. The van der Waals surface area contributed by atoms with Gasteiger partial charge in [-0.3, -0.25) is 9.09 Å². The fraction of sp³-hybridized carbons (Fsp3) is 1.00. The average Bonchev–Trinajstić information content (AvgIpc) is 2.59. The fourth-order valence-corrected chi connectivity index (χ4v) is 3.80. The summed E-state index contributed by atoms with van der Waals surface area (Å²) in [5.41, 5.74) is 0. The van der Waals surface area contributed by atoms with Crippen molar-refractivity contribution in [3.63, 3.8) is 0 Å². The van der Waals surface area contributed by atoms with Gasteiger partial charge in [-0.05, 0) is 0 Å². The quantitative estimate of drug-likeness (QED) is 0.122. The molecule has 12 N–H and O–H groups in total. The summed E-state index contributed by atoms with van der Waals surface area (Å²) >= 11 is 10.6. The van der Waals surface area contributed by atoms with Gasteiger partial charge in [0.2, 0.25) is 0 Å². The standard InChI is InChI=1S/C10H21Cl2N2O7P.2ClH.2H3N.Pt/c11-1-3-13-22(19,14-4-2-12)21-10-9(18)8(17)7(16)6(5-15)20-10;;;;;/h6-10,15-18H,1-5H2,(H2,13,14,19);2*1H;2*1H3;/q;;;;;+2/p-2/t6-,7-,8+,9-,10+;;;;;/m1...../s1. The first-order chi connectivity index (χ1) is 11.8. The van der Waals surface area contributed by atoms with Crippen molar-refractivity contribution < 1.29 is 50.7 Å². The molecular weight excluding hydrogens is 656 g/mol. The molecule has 11 nitrogen and oxygen atoms in total. The summed E-state index contributed by atoms with van der Waals surface area (Å²) in [4.78, 5) is 0. The molecule has 0 aliphatic carbocycles. The molecule has 0 bridgehead atoms. The first kappa shape index (κ1) is 33.3. The Morgan fingerprint density at radius 2 is 1.44 bits per heavy atom. The number of halogens is 4. The molecule has 0 aromatic rings. The maximum atomic E-state index is 12.6. The fourth-order valence-electron chi connectivity index (χ4n) is 1.81. The van der Waals surface area contributed by atoms with E-state index in [0.29, 0.717) is 0 Å². The summed E-state index contributed by atoms with van der Waals surface area (Å²) in [6.45, 7) is -0.323. The summed E-state index contributed by atoms with van der Waals surface area (Å²) in [7, 11) is 6.08. The second-order valence-electron chi connectivity index (χ2n) is 4.59. The van der Waals surface area contributed by atoms with Crippen molar-refractivity contribution >= 4 is 49.7 Å². The molecular formula is C10H27Cl4N4O7PPt. The minimum atomic E-state index is -3.67. The molecule has 0 aromatic carbocycles. The molecule has 1 fully saturated rings. The van der Waals surface area contributed by atoms with E-state index < -0.39 is 61.5 Å². The van der Waals surface area contributed by atoms with Crippen molar-refractivity contribution in [1.82, 2.24) is 22.5 Å². The van der Waals surface area contributed by atoms with E-state index in [-0.39, 0.29) is 37.2 Å². The number of hydrogen-bond acceptors (Lipinski definition) is 9. The summed E-state index contributed by atoms with van der Waals surface area (Å²) in [5, 5.41) is 43.4. The van der Waals surface area contributed by atoms with E-state index >= 15 is 0 Å². The van der Waals surface area contributed by atoms with E-state index in [1.807, 2.05) is 0 Å². The van der Waals surface area contributed by atoms with Crippen molar-refractivity contribution in [2.24, 2.45) is 0 Å². The first-order valence-corrected chi connectivity index (χ1v) is 15.2. The summed E-state index contributed by atoms with van der Waals surface area (Å²) in [6, 6.07) is 0. The van der Waals surface area contributed by atoms with Gasteiger partial charge in [-0.1, -0.05) is 0 Å². The third-order valence-electron chi connectivity index (χ3n) is 2.93. The van der Waals surface area contributed by atoms with Gasteiger partial charge in [-0.25, -0.2) is 10.2 Å². The predicted octanol–water partition coefficient (Wildman–Crippen LogP) is 0.268. The average molecular weight is 683 g/mol. The van der Waals surface area contributed by atoms with Crippen LogP contribution in [0.3, 0.4) is 0 Å². The van der Waals surface area contributed by atoms with Gasteiger partial charge < -0.3 is 37.5 Å². The molecule has 0 saturated carbocycles. The summed E-state index contributed by atoms with van der Waals surface area (Å²) in [5.74, 6) is 0.315. The van der Waals surface area contributed by atoms with Gasteiger partial charge in [0.05, 0.1) is 6.61 Å². The zero-order chi connectivity index (χ0) is 19.5. The van der Waals surface area contributed by atoms with Crippen molar-refractivity contribution in [2.45, 2.75) is 30.7 Å². The second-order valence-corrected chi connectivity index (χ2v) is 10.6. The van der Waals surface area contributed by atoms with E-state index in [1.54, 1.807) is 0 Å². The number of aliphatic hydroxyl groups is 4. The SMILES string of the molecule is N.N.O=P(NCCCl)(NCCCl)O[C@@H]1O[C@H](CO)[C@@H](O)[C@H](O)[C@H]1O.[Cl][Pt][Cl]. The van der Waals surface area contributed by atoms with Crippen LogP contribution < -0.4 is 22.5 Å². The van der Waals surface area contributed by atoms with E-state index in [0.717, 1.165) is 0 Å². The molecule has 1 heterocycles. The molecule has 17 heteroatoms. The Morgan fingerprint density at radius 3 is 1.81 bits per heavy atom. The van der Waals surface area contributed by atoms with Crippen LogP contribution >= 0.6 is 49.7 Å². The molecule has 0 spiro atoms.